The van der Waals surface area contributed by atoms with E-state index in [0.717, 1.165) is 31.5 Å². The van der Waals surface area contributed by atoms with E-state index in [4.69, 9.17) is 5.11 Å². The van der Waals surface area contributed by atoms with Gasteiger partial charge < -0.3 is 10.4 Å². The summed E-state index contributed by atoms with van der Waals surface area (Å²) in [6, 6.07) is 7.02. The van der Waals surface area contributed by atoms with E-state index >= 15 is 0 Å². The van der Waals surface area contributed by atoms with Crippen LogP contribution >= 0.6 is 0 Å². The SMILES string of the molecule is CCNCc1ccc(S(=O)(=O)N(CCO)C2CC2)cc1. The van der Waals surface area contributed by atoms with E-state index in [1.54, 1.807) is 12.1 Å². The number of sulfonamides is 1. The quantitative estimate of drug-likeness (QED) is 0.749. The first-order valence-corrected chi connectivity index (χ1v) is 8.46. The molecule has 0 unspecified atom stereocenters. The number of hydrogen-bond donors (Lipinski definition) is 2. The third-order valence-electron chi connectivity index (χ3n) is 3.38. The van der Waals surface area contributed by atoms with Crippen LogP contribution in [0.1, 0.15) is 25.3 Å². The average molecular weight is 298 g/mol. The summed E-state index contributed by atoms with van der Waals surface area (Å²) in [5, 5.41) is 12.3. The number of benzene rings is 1. The highest BCUT2D eigenvalue weighted by Gasteiger charge is 2.37. The smallest absolute Gasteiger partial charge is 0.243 e. The second-order valence-corrected chi connectivity index (χ2v) is 6.89. The number of aliphatic hydroxyl groups is 1. The van der Waals surface area contributed by atoms with Crippen LogP contribution in [-0.4, -0.2) is 43.6 Å². The monoisotopic (exact) mass is 298 g/mol. The molecular weight excluding hydrogens is 276 g/mol. The van der Waals surface area contributed by atoms with Crippen molar-refractivity contribution < 1.29 is 13.5 Å². The Labute approximate surface area is 120 Å². The maximum Gasteiger partial charge on any atom is 0.243 e. The standard InChI is InChI=1S/C14H22N2O3S/c1-2-15-11-12-3-7-14(8-4-12)20(18,19)16(9-10-17)13-5-6-13/h3-4,7-8,13,15,17H,2,5-6,9-11H2,1H3. The van der Waals surface area contributed by atoms with Gasteiger partial charge >= 0.3 is 0 Å². The zero-order valence-electron chi connectivity index (χ0n) is 11.7. The minimum absolute atomic E-state index is 0.0635. The first kappa shape index (κ1) is 15.4. The zero-order valence-corrected chi connectivity index (χ0v) is 12.6. The van der Waals surface area contributed by atoms with Crippen LogP contribution < -0.4 is 5.32 Å². The van der Waals surface area contributed by atoms with Crippen LogP contribution in [0.25, 0.3) is 0 Å². The maximum atomic E-state index is 12.5. The van der Waals surface area contributed by atoms with Crippen LogP contribution in [0.15, 0.2) is 29.2 Å². The molecule has 0 bridgehead atoms. The molecule has 0 heterocycles. The molecule has 0 saturated heterocycles. The Morgan fingerprint density at radius 2 is 1.95 bits per heavy atom. The normalized spacial score (nSPS) is 15.8. The topological polar surface area (TPSA) is 69.6 Å². The second-order valence-electron chi connectivity index (χ2n) is 4.99. The van der Waals surface area contributed by atoms with Crippen molar-refractivity contribution in [1.82, 2.24) is 9.62 Å². The van der Waals surface area contributed by atoms with Gasteiger partial charge in [0.15, 0.2) is 0 Å². The Morgan fingerprint density at radius 3 is 2.45 bits per heavy atom. The number of nitrogens with one attached hydrogen (secondary N) is 1. The number of hydrogen-bond acceptors (Lipinski definition) is 4. The molecule has 0 aliphatic heterocycles. The molecule has 2 N–H and O–H groups in total. The Bertz CT molecular complexity index is 524. The van der Waals surface area contributed by atoms with Crippen LogP contribution in [0.4, 0.5) is 0 Å². The molecule has 1 fully saturated rings. The lowest BCUT2D eigenvalue weighted by Crippen LogP contribution is -2.35. The van der Waals surface area contributed by atoms with Gasteiger partial charge in [0.05, 0.1) is 11.5 Å². The third kappa shape index (κ3) is 3.58. The molecule has 5 nitrogen and oxygen atoms in total. The van der Waals surface area contributed by atoms with Crippen molar-refractivity contribution in [3.8, 4) is 0 Å². The highest BCUT2D eigenvalue weighted by molar-refractivity contribution is 7.89. The summed E-state index contributed by atoms with van der Waals surface area (Å²) < 4.78 is 26.5. The van der Waals surface area contributed by atoms with Gasteiger partial charge in [-0.15, -0.1) is 0 Å². The maximum absolute atomic E-state index is 12.5. The van der Waals surface area contributed by atoms with Gasteiger partial charge in [-0.1, -0.05) is 19.1 Å². The fourth-order valence-electron chi connectivity index (χ4n) is 2.14. The minimum atomic E-state index is -3.48. The van der Waals surface area contributed by atoms with E-state index in [0.29, 0.717) is 4.90 Å². The summed E-state index contributed by atoms with van der Waals surface area (Å²) in [6.45, 7) is 3.67. The summed E-state index contributed by atoms with van der Waals surface area (Å²) >= 11 is 0. The molecule has 0 radical (unpaired) electrons. The van der Waals surface area contributed by atoms with Gasteiger partial charge in [-0.3, -0.25) is 0 Å². The van der Waals surface area contributed by atoms with Gasteiger partial charge in [0.2, 0.25) is 10.0 Å². The molecule has 1 aromatic carbocycles. The number of nitrogens with zero attached hydrogens (tertiary/aromatic N) is 1. The zero-order chi connectivity index (χ0) is 14.6. The molecule has 2 rings (SSSR count). The van der Waals surface area contributed by atoms with Crippen molar-refractivity contribution >= 4 is 10.0 Å². The Hall–Kier alpha value is -0.950. The highest BCUT2D eigenvalue weighted by atomic mass is 32.2. The summed E-state index contributed by atoms with van der Waals surface area (Å²) in [5.74, 6) is 0. The van der Waals surface area contributed by atoms with Gasteiger partial charge in [-0.2, -0.15) is 4.31 Å². The lowest BCUT2D eigenvalue weighted by Gasteiger charge is -2.21. The summed E-state index contributed by atoms with van der Waals surface area (Å²) in [6.07, 6.45) is 1.77. The van der Waals surface area contributed by atoms with Crippen molar-refractivity contribution in [3.63, 3.8) is 0 Å². The first-order chi connectivity index (χ1) is 9.59. The van der Waals surface area contributed by atoms with Gasteiger partial charge in [-0.05, 0) is 37.1 Å². The Morgan fingerprint density at radius 1 is 1.30 bits per heavy atom. The molecule has 1 aliphatic carbocycles. The van der Waals surface area contributed by atoms with E-state index in [1.807, 2.05) is 19.1 Å². The Kier molecular flexibility index (Phi) is 5.15. The second kappa shape index (κ2) is 6.67. The average Bonchev–Trinajstić information content (AvgIpc) is 3.27. The van der Waals surface area contributed by atoms with Crippen molar-refractivity contribution in [2.24, 2.45) is 0 Å². The van der Waals surface area contributed by atoms with E-state index in [9.17, 15) is 8.42 Å². The van der Waals surface area contributed by atoms with E-state index < -0.39 is 10.0 Å². The third-order valence-corrected chi connectivity index (χ3v) is 5.35. The van der Waals surface area contributed by atoms with Crippen LogP contribution in [0.5, 0.6) is 0 Å². The van der Waals surface area contributed by atoms with Crippen molar-refractivity contribution in [1.29, 1.82) is 0 Å². The fourth-order valence-corrected chi connectivity index (χ4v) is 3.82. The highest BCUT2D eigenvalue weighted by Crippen LogP contribution is 2.31. The van der Waals surface area contributed by atoms with Crippen LogP contribution in [0.3, 0.4) is 0 Å². The Balaban J connectivity index is 2.15. The first-order valence-electron chi connectivity index (χ1n) is 7.02. The summed E-state index contributed by atoms with van der Waals surface area (Å²) in [5.41, 5.74) is 1.06. The van der Waals surface area contributed by atoms with Crippen LogP contribution in [-0.2, 0) is 16.6 Å². The number of rotatable bonds is 8. The van der Waals surface area contributed by atoms with E-state index in [1.165, 1.54) is 4.31 Å². The van der Waals surface area contributed by atoms with Crippen LogP contribution in [0, 0.1) is 0 Å². The van der Waals surface area contributed by atoms with Gasteiger partial charge in [0.1, 0.15) is 0 Å². The lowest BCUT2D eigenvalue weighted by molar-refractivity contribution is 0.250. The number of aliphatic hydroxyl groups excluding tert-OH is 1. The predicted molar refractivity (Wildman–Crippen MR) is 77.8 cm³/mol. The molecule has 0 aromatic heterocycles. The molecule has 112 valence electrons. The van der Waals surface area contributed by atoms with Crippen LogP contribution in [0.2, 0.25) is 0 Å². The van der Waals surface area contributed by atoms with Gasteiger partial charge in [0, 0.05) is 19.1 Å². The molecular formula is C14H22N2O3S. The largest absolute Gasteiger partial charge is 0.395 e. The molecule has 20 heavy (non-hydrogen) atoms. The van der Waals surface area contributed by atoms with Gasteiger partial charge in [0.25, 0.3) is 0 Å². The molecule has 1 aliphatic rings. The van der Waals surface area contributed by atoms with Crippen molar-refractivity contribution in [2.45, 2.75) is 37.2 Å². The molecule has 0 atom stereocenters. The fraction of sp³-hybridized carbons (Fsp3) is 0.571. The molecule has 6 heteroatoms. The predicted octanol–water partition coefficient (Wildman–Crippen LogP) is 0.941. The summed E-state index contributed by atoms with van der Waals surface area (Å²) in [7, 11) is -3.48. The van der Waals surface area contributed by atoms with E-state index in [-0.39, 0.29) is 19.2 Å². The van der Waals surface area contributed by atoms with Crippen molar-refractivity contribution in [3.05, 3.63) is 29.8 Å². The molecule has 0 spiro atoms. The van der Waals surface area contributed by atoms with Crippen molar-refractivity contribution in [2.75, 3.05) is 19.7 Å². The molecule has 0 amide bonds. The van der Waals surface area contributed by atoms with Gasteiger partial charge in [-0.25, -0.2) is 8.42 Å². The lowest BCUT2D eigenvalue weighted by atomic mass is 10.2. The minimum Gasteiger partial charge on any atom is -0.395 e. The summed E-state index contributed by atoms with van der Waals surface area (Å²) in [4.78, 5) is 0.304. The van der Waals surface area contributed by atoms with E-state index in [2.05, 4.69) is 5.32 Å². The molecule has 1 saturated carbocycles. The molecule has 1 aromatic rings.